The highest BCUT2D eigenvalue weighted by Crippen LogP contribution is 2.19. The van der Waals surface area contributed by atoms with Crippen LogP contribution < -0.4 is 14.8 Å². The minimum atomic E-state index is 0.514. The van der Waals surface area contributed by atoms with Gasteiger partial charge in [0.15, 0.2) is 0 Å². The molecule has 0 bridgehead atoms. The first-order chi connectivity index (χ1) is 13.3. The zero-order valence-corrected chi connectivity index (χ0v) is 16.4. The first-order valence-corrected chi connectivity index (χ1v) is 10.1. The van der Waals surface area contributed by atoms with E-state index in [-0.39, 0.29) is 0 Å². The molecule has 0 saturated heterocycles. The third-order valence-electron chi connectivity index (χ3n) is 4.67. The Morgan fingerprint density at radius 3 is 2.19 bits per heavy atom. The number of hydrogen-bond donors (Lipinski definition) is 1. The second kappa shape index (κ2) is 11.2. The average Bonchev–Trinajstić information content (AvgIpc) is 3.21. The highest BCUT2D eigenvalue weighted by molar-refractivity contribution is 6.30. The van der Waals surface area contributed by atoms with E-state index in [1.807, 2.05) is 48.5 Å². The summed E-state index contributed by atoms with van der Waals surface area (Å²) in [5, 5.41) is 4.27. The van der Waals surface area contributed by atoms with E-state index in [2.05, 4.69) is 5.32 Å². The molecule has 0 atom stereocenters. The molecule has 0 aliphatic heterocycles. The van der Waals surface area contributed by atoms with Crippen molar-refractivity contribution in [3.63, 3.8) is 0 Å². The van der Waals surface area contributed by atoms with Crippen LogP contribution in [0.3, 0.4) is 0 Å². The van der Waals surface area contributed by atoms with Crippen LogP contribution in [0.1, 0.15) is 31.2 Å². The minimum absolute atomic E-state index is 0.514. The topological polar surface area (TPSA) is 39.7 Å². The SMILES string of the molecule is Clc1ccc(COc2ccc(OCCOCCNC3CCCC3)cc2)cc1. The normalized spacial score (nSPS) is 14.4. The molecule has 146 valence electrons. The fourth-order valence-electron chi connectivity index (χ4n) is 3.17. The lowest BCUT2D eigenvalue weighted by molar-refractivity contribution is 0.100. The largest absolute Gasteiger partial charge is 0.491 e. The summed E-state index contributed by atoms with van der Waals surface area (Å²) in [6.45, 7) is 3.32. The first-order valence-electron chi connectivity index (χ1n) is 9.71. The summed E-state index contributed by atoms with van der Waals surface area (Å²) in [4.78, 5) is 0. The van der Waals surface area contributed by atoms with Gasteiger partial charge < -0.3 is 19.5 Å². The Labute approximate surface area is 166 Å². The number of rotatable bonds is 11. The van der Waals surface area contributed by atoms with Crippen molar-refractivity contribution in [2.75, 3.05) is 26.4 Å². The average molecular weight is 390 g/mol. The van der Waals surface area contributed by atoms with Gasteiger partial charge in [-0.1, -0.05) is 36.6 Å². The number of nitrogens with one attached hydrogen (secondary N) is 1. The van der Waals surface area contributed by atoms with Crippen molar-refractivity contribution in [3.05, 3.63) is 59.1 Å². The summed E-state index contributed by atoms with van der Waals surface area (Å²) in [6.07, 6.45) is 5.33. The van der Waals surface area contributed by atoms with E-state index in [1.54, 1.807) is 0 Å². The van der Waals surface area contributed by atoms with Crippen LogP contribution in [0, 0.1) is 0 Å². The van der Waals surface area contributed by atoms with Crippen molar-refractivity contribution in [3.8, 4) is 11.5 Å². The van der Waals surface area contributed by atoms with Gasteiger partial charge in [-0.3, -0.25) is 0 Å². The number of benzene rings is 2. The maximum atomic E-state index is 5.88. The Kier molecular flexibility index (Phi) is 8.28. The molecule has 27 heavy (non-hydrogen) atoms. The van der Waals surface area contributed by atoms with Gasteiger partial charge in [-0.2, -0.15) is 0 Å². The van der Waals surface area contributed by atoms with Crippen LogP contribution in [0.5, 0.6) is 11.5 Å². The van der Waals surface area contributed by atoms with Crippen LogP contribution >= 0.6 is 11.6 Å². The van der Waals surface area contributed by atoms with Gasteiger partial charge in [-0.15, -0.1) is 0 Å². The standard InChI is InChI=1S/C22H28ClNO3/c23-19-7-5-18(6-8-19)17-27-22-11-9-21(10-12-22)26-16-15-25-14-13-24-20-3-1-2-4-20/h5-12,20,24H,1-4,13-17H2. The molecule has 1 aliphatic carbocycles. The summed E-state index contributed by atoms with van der Waals surface area (Å²) in [6, 6.07) is 16.0. The van der Waals surface area contributed by atoms with Crippen LogP contribution in [0.15, 0.2) is 48.5 Å². The summed E-state index contributed by atoms with van der Waals surface area (Å²) < 4.78 is 17.1. The number of ether oxygens (including phenoxy) is 3. The fraction of sp³-hybridized carbons (Fsp3) is 0.455. The van der Waals surface area contributed by atoms with Crippen molar-refractivity contribution < 1.29 is 14.2 Å². The smallest absolute Gasteiger partial charge is 0.120 e. The lowest BCUT2D eigenvalue weighted by Gasteiger charge is -2.12. The molecule has 1 aliphatic rings. The molecular weight excluding hydrogens is 362 g/mol. The Balaban J connectivity index is 1.25. The monoisotopic (exact) mass is 389 g/mol. The molecule has 2 aromatic rings. The molecule has 5 heteroatoms. The van der Waals surface area contributed by atoms with Crippen molar-refractivity contribution in [2.24, 2.45) is 0 Å². The maximum Gasteiger partial charge on any atom is 0.120 e. The van der Waals surface area contributed by atoms with E-state index < -0.39 is 0 Å². The van der Waals surface area contributed by atoms with Gasteiger partial charge in [-0.05, 0) is 54.8 Å². The molecule has 2 aromatic carbocycles. The van der Waals surface area contributed by atoms with Crippen LogP contribution in [-0.4, -0.2) is 32.4 Å². The number of hydrogen-bond acceptors (Lipinski definition) is 4. The van der Waals surface area contributed by atoms with E-state index in [0.717, 1.165) is 35.2 Å². The maximum absolute atomic E-state index is 5.88. The van der Waals surface area contributed by atoms with Gasteiger partial charge in [-0.25, -0.2) is 0 Å². The second-order valence-corrected chi connectivity index (χ2v) is 7.22. The van der Waals surface area contributed by atoms with E-state index >= 15 is 0 Å². The Morgan fingerprint density at radius 1 is 0.815 bits per heavy atom. The van der Waals surface area contributed by atoms with Gasteiger partial charge in [0.1, 0.15) is 24.7 Å². The number of halogens is 1. The predicted octanol–water partition coefficient (Wildman–Crippen LogP) is 4.85. The first kappa shape index (κ1) is 20.0. The van der Waals surface area contributed by atoms with E-state index in [9.17, 15) is 0 Å². The zero-order chi connectivity index (χ0) is 18.7. The minimum Gasteiger partial charge on any atom is -0.491 e. The van der Waals surface area contributed by atoms with E-state index in [4.69, 9.17) is 25.8 Å². The van der Waals surface area contributed by atoms with Gasteiger partial charge in [0, 0.05) is 17.6 Å². The molecule has 0 amide bonds. The van der Waals surface area contributed by atoms with Crippen molar-refractivity contribution in [2.45, 2.75) is 38.3 Å². The molecule has 3 rings (SSSR count). The zero-order valence-electron chi connectivity index (χ0n) is 15.7. The molecule has 0 radical (unpaired) electrons. The van der Waals surface area contributed by atoms with Crippen LogP contribution in [0.2, 0.25) is 5.02 Å². The van der Waals surface area contributed by atoms with E-state index in [0.29, 0.717) is 25.9 Å². The van der Waals surface area contributed by atoms with Crippen molar-refractivity contribution >= 4 is 11.6 Å². The molecule has 1 fully saturated rings. The summed E-state index contributed by atoms with van der Waals surface area (Å²) in [5.41, 5.74) is 1.08. The Morgan fingerprint density at radius 2 is 1.48 bits per heavy atom. The van der Waals surface area contributed by atoms with Gasteiger partial charge in [0.2, 0.25) is 0 Å². The fourth-order valence-corrected chi connectivity index (χ4v) is 3.29. The lowest BCUT2D eigenvalue weighted by atomic mass is 10.2. The third kappa shape index (κ3) is 7.41. The lowest BCUT2D eigenvalue weighted by Crippen LogP contribution is -2.29. The van der Waals surface area contributed by atoms with Gasteiger partial charge >= 0.3 is 0 Å². The third-order valence-corrected chi connectivity index (χ3v) is 4.93. The van der Waals surface area contributed by atoms with Gasteiger partial charge in [0.05, 0.1) is 13.2 Å². The van der Waals surface area contributed by atoms with Gasteiger partial charge in [0.25, 0.3) is 0 Å². The summed E-state index contributed by atoms with van der Waals surface area (Å²) in [5.74, 6) is 1.63. The molecule has 4 nitrogen and oxygen atoms in total. The summed E-state index contributed by atoms with van der Waals surface area (Å²) in [7, 11) is 0. The summed E-state index contributed by atoms with van der Waals surface area (Å²) >= 11 is 5.88. The molecule has 0 heterocycles. The van der Waals surface area contributed by atoms with Crippen LogP contribution in [0.4, 0.5) is 0 Å². The predicted molar refractivity (Wildman–Crippen MR) is 109 cm³/mol. The molecule has 0 unspecified atom stereocenters. The Bertz CT molecular complexity index is 654. The van der Waals surface area contributed by atoms with Crippen molar-refractivity contribution in [1.82, 2.24) is 5.32 Å². The highest BCUT2D eigenvalue weighted by Gasteiger charge is 2.13. The van der Waals surface area contributed by atoms with Crippen LogP contribution in [0.25, 0.3) is 0 Å². The quantitative estimate of drug-likeness (QED) is 0.558. The highest BCUT2D eigenvalue weighted by atomic mass is 35.5. The molecule has 0 spiro atoms. The van der Waals surface area contributed by atoms with Crippen LogP contribution in [-0.2, 0) is 11.3 Å². The molecular formula is C22H28ClNO3. The molecule has 1 N–H and O–H groups in total. The molecule has 0 aromatic heterocycles. The Hall–Kier alpha value is -1.75. The van der Waals surface area contributed by atoms with E-state index in [1.165, 1.54) is 25.7 Å². The van der Waals surface area contributed by atoms with Crippen molar-refractivity contribution in [1.29, 1.82) is 0 Å². The molecule has 1 saturated carbocycles. The second-order valence-electron chi connectivity index (χ2n) is 6.78.